The second kappa shape index (κ2) is 7.07. The number of hydrogen-bond acceptors (Lipinski definition) is 4. The molecule has 0 saturated heterocycles. The molecule has 1 aromatic carbocycles. The Hall–Kier alpha value is -1.65. The monoisotopic (exact) mass is 296 g/mol. The van der Waals surface area contributed by atoms with Crippen LogP contribution < -0.4 is 15.2 Å². The van der Waals surface area contributed by atoms with Gasteiger partial charge in [0.1, 0.15) is 11.5 Å². The molecule has 0 radical (unpaired) electrons. The lowest BCUT2D eigenvalue weighted by Crippen LogP contribution is -2.17. The molecule has 0 amide bonds. The van der Waals surface area contributed by atoms with E-state index >= 15 is 0 Å². The maximum Gasteiger partial charge on any atom is 0.573 e. The average Bonchev–Trinajstić information content (AvgIpc) is 2.27. The molecular weight excluding hydrogens is 285 g/mol. The summed E-state index contributed by atoms with van der Waals surface area (Å²) in [5, 5.41) is 8.52. The van der Waals surface area contributed by atoms with E-state index in [0.717, 1.165) is 12.1 Å². The number of hydrogen-bond donors (Lipinski definition) is 1. The minimum Gasteiger partial charge on any atom is -0.496 e. The second-order valence-corrected chi connectivity index (χ2v) is 3.42. The highest BCUT2D eigenvalue weighted by Crippen LogP contribution is 2.32. The number of ether oxygens (including phenoxy) is 2. The van der Waals surface area contributed by atoms with E-state index in [0.29, 0.717) is 5.56 Å². The lowest BCUT2D eigenvalue weighted by atomic mass is 10.0. The largest absolute Gasteiger partial charge is 0.573 e. The van der Waals surface area contributed by atoms with E-state index in [1.165, 1.54) is 13.2 Å². The topological polar surface area (TPSA) is 68.3 Å². The number of nitriles is 1. The van der Waals surface area contributed by atoms with Gasteiger partial charge in [-0.2, -0.15) is 5.26 Å². The fraction of sp³-hybridized carbons (Fsp3) is 0.364. The summed E-state index contributed by atoms with van der Waals surface area (Å²) in [4.78, 5) is 0. The first-order valence-corrected chi connectivity index (χ1v) is 4.93. The molecular formula is C11H12ClF3N2O2. The Kier molecular flexibility index (Phi) is 6.45. The zero-order valence-electron chi connectivity index (χ0n) is 9.90. The number of methoxy groups -OCH3 is 1. The van der Waals surface area contributed by atoms with Gasteiger partial charge < -0.3 is 15.2 Å². The summed E-state index contributed by atoms with van der Waals surface area (Å²) < 4.78 is 44.8. The van der Waals surface area contributed by atoms with E-state index in [9.17, 15) is 13.2 Å². The van der Waals surface area contributed by atoms with Gasteiger partial charge in [0.2, 0.25) is 0 Å². The number of nitrogens with zero attached hydrogens (tertiary/aromatic N) is 1. The normalized spacial score (nSPS) is 12.0. The van der Waals surface area contributed by atoms with Crippen LogP contribution in [-0.2, 0) is 0 Å². The van der Waals surface area contributed by atoms with E-state index < -0.39 is 18.2 Å². The van der Waals surface area contributed by atoms with Gasteiger partial charge in [-0.25, -0.2) is 0 Å². The van der Waals surface area contributed by atoms with Crippen LogP contribution in [0.5, 0.6) is 11.5 Å². The third-order valence-electron chi connectivity index (χ3n) is 2.15. The van der Waals surface area contributed by atoms with Gasteiger partial charge in [-0.05, 0) is 6.07 Å². The van der Waals surface area contributed by atoms with Crippen LogP contribution in [0.2, 0.25) is 0 Å². The van der Waals surface area contributed by atoms with Gasteiger partial charge in [-0.1, -0.05) is 6.07 Å². The van der Waals surface area contributed by atoms with E-state index in [1.54, 1.807) is 0 Å². The van der Waals surface area contributed by atoms with Crippen LogP contribution >= 0.6 is 12.4 Å². The lowest BCUT2D eigenvalue weighted by molar-refractivity contribution is -0.274. The summed E-state index contributed by atoms with van der Waals surface area (Å²) in [7, 11) is 1.30. The summed E-state index contributed by atoms with van der Waals surface area (Å²) in [6.07, 6.45) is -4.73. The average molecular weight is 297 g/mol. The van der Waals surface area contributed by atoms with E-state index in [4.69, 9.17) is 15.7 Å². The molecule has 1 atom stereocenters. The Morgan fingerprint density at radius 3 is 2.53 bits per heavy atom. The molecule has 0 bridgehead atoms. The van der Waals surface area contributed by atoms with Gasteiger partial charge in [0.15, 0.2) is 0 Å². The molecule has 0 unspecified atom stereocenters. The Morgan fingerprint density at radius 2 is 2.05 bits per heavy atom. The summed E-state index contributed by atoms with van der Waals surface area (Å²) in [6, 6.07) is 4.82. The number of benzene rings is 1. The van der Waals surface area contributed by atoms with Crippen LogP contribution in [0.3, 0.4) is 0 Å². The first kappa shape index (κ1) is 17.4. The third kappa shape index (κ3) is 5.24. The third-order valence-corrected chi connectivity index (χ3v) is 2.15. The first-order valence-electron chi connectivity index (χ1n) is 4.93. The van der Waals surface area contributed by atoms with Crippen molar-refractivity contribution < 1.29 is 22.6 Å². The zero-order chi connectivity index (χ0) is 13.8. The Bertz CT molecular complexity index is 460. The highest BCUT2D eigenvalue weighted by atomic mass is 35.5. The SMILES string of the molecule is COc1cc(OC(F)(F)F)ccc1[C@H](N)CC#N.Cl. The maximum absolute atomic E-state index is 12.0. The number of rotatable bonds is 4. The molecule has 4 nitrogen and oxygen atoms in total. The van der Waals surface area contributed by atoms with Crippen molar-refractivity contribution in [3.63, 3.8) is 0 Å². The van der Waals surface area contributed by atoms with Crippen molar-refractivity contribution in [3.8, 4) is 17.6 Å². The fourth-order valence-electron chi connectivity index (χ4n) is 1.40. The Labute approximate surface area is 114 Å². The summed E-state index contributed by atoms with van der Waals surface area (Å²) in [5.74, 6) is -0.244. The van der Waals surface area contributed by atoms with Crippen molar-refractivity contribution in [2.24, 2.45) is 5.73 Å². The van der Waals surface area contributed by atoms with Gasteiger partial charge in [0.05, 0.1) is 19.6 Å². The van der Waals surface area contributed by atoms with Gasteiger partial charge in [0, 0.05) is 17.7 Å². The van der Waals surface area contributed by atoms with E-state index in [-0.39, 0.29) is 24.6 Å². The van der Waals surface area contributed by atoms with Crippen molar-refractivity contribution in [1.29, 1.82) is 5.26 Å². The maximum atomic E-state index is 12.0. The summed E-state index contributed by atoms with van der Waals surface area (Å²) in [5.41, 5.74) is 6.15. The molecule has 0 heterocycles. The minimum absolute atomic E-state index is 0. The zero-order valence-corrected chi connectivity index (χ0v) is 10.7. The molecule has 0 saturated carbocycles. The molecule has 0 aliphatic carbocycles. The molecule has 0 aliphatic rings. The molecule has 8 heteroatoms. The predicted octanol–water partition coefficient (Wildman–Crippen LogP) is 2.93. The Balaban J connectivity index is 0.00000324. The van der Waals surface area contributed by atoms with Gasteiger partial charge in [0.25, 0.3) is 0 Å². The number of halogens is 4. The molecule has 0 fully saturated rings. The smallest absolute Gasteiger partial charge is 0.496 e. The van der Waals surface area contributed by atoms with E-state index in [2.05, 4.69) is 4.74 Å². The molecule has 106 valence electrons. The van der Waals surface area contributed by atoms with Crippen molar-refractivity contribution in [3.05, 3.63) is 23.8 Å². The first-order chi connectivity index (χ1) is 8.37. The van der Waals surface area contributed by atoms with Crippen molar-refractivity contribution in [2.75, 3.05) is 7.11 Å². The van der Waals surface area contributed by atoms with Crippen LogP contribution in [0, 0.1) is 11.3 Å². The molecule has 1 rings (SSSR count). The van der Waals surface area contributed by atoms with Crippen LogP contribution in [-0.4, -0.2) is 13.5 Å². The second-order valence-electron chi connectivity index (χ2n) is 3.42. The quantitative estimate of drug-likeness (QED) is 0.927. The Morgan fingerprint density at radius 1 is 1.42 bits per heavy atom. The highest BCUT2D eigenvalue weighted by molar-refractivity contribution is 5.85. The molecule has 0 aromatic heterocycles. The van der Waals surface area contributed by atoms with Crippen LogP contribution in [0.25, 0.3) is 0 Å². The minimum atomic E-state index is -4.76. The van der Waals surface area contributed by atoms with Gasteiger partial charge in [-0.15, -0.1) is 25.6 Å². The fourth-order valence-corrected chi connectivity index (χ4v) is 1.40. The molecule has 1 aromatic rings. The molecule has 0 spiro atoms. The molecule has 2 N–H and O–H groups in total. The van der Waals surface area contributed by atoms with Crippen LogP contribution in [0.4, 0.5) is 13.2 Å². The standard InChI is InChI=1S/C11H11F3N2O2.ClH/c1-17-10-6-7(18-11(12,13)14)2-3-8(10)9(16)4-5-15;/h2-3,6,9H,4,16H2,1H3;1H/t9-;/m1./s1. The van der Waals surface area contributed by atoms with Crippen molar-refractivity contribution in [2.45, 2.75) is 18.8 Å². The van der Waals surface area contributed by atoms with Crippen LogP contribution in [0.1, 0.15) is 18.0 Å². The van der Waals surface area contributed by atoms with Gasteiger partial charge >= 0.3 is 6.36 Å². The van der Waals surface area contributed by atoms with Gasteiger partial charge in [-0.3, -0.25) is 0 Å². The van der Waals surface area contributed by atoms with Crippen molar-refractivity contribution in [1.82, 2.24) is 0 Å². The number of alkyl halides is 3. The summed E-state index contributed by atoms with van der Waals surface area (Å²) in [6.45, 7) is 0. The molecule has 19 heavy (non-hydrogen) atoms. The highest BCUT2D eigenvalue weighted by Gasteiger charge is 2.31. The van der Waals surface area contributed by atoms with Crippen LogP contribution in [0.15, 0.2) is 18.2 Å². The summed E-state index contributed by atoms with van der Waals surface area (Å²) >= 11 is 0. The number of nitrogens with two attached hydrogens (primary N) is 1. The molecule has 0 aliphatic heterocycles. The van der Waals surface area contributed by atoms with E-state index in [1.807, 2.05) is 6.07 Å². The lowest BCUT2D eigenvalue weighted by Gasteiger charge is -2.15. The predicted molar refractivity (Wildman–Crippen MR) is 64.1 cm³/mol. The van der Waals surface area contributed by atoms with Crippen molar-refractivity contribution >= 4 is 12.4 Å².